The Morgan fingerprint density at radius 1 is 0.900 bits per heavy atom. The molecular weight excluding hydrogens is 428 g/mol. The molecule has 0 fully saturated rings. The predicted molar refractivity (Wildman–Crippen MR) is 125 cm³/mol. The summed E-state index contributed by atoms with van der Waals surface area (Å²) in [7, 11) is 0. The topological polar surface area (TPSA) is 139 Å². The molecule has 8 nitrogen and oxygen atoms in total. The van der Waals surface area contributed by atoms with E-state index in [4.69, 9.17) is 0 Å². The van der Waals surface area contributed by atoms with Crippen molar-refractivity contribution in [1.82, 2.24) is 10.6 Å². The van der Waals surface area contributed by atoms with Crippen molar-refractivity contribution < 1.29 is 30.0 Å². The molecule has 0 radical (unpaired) electrons. The van der Waals surface area contributed by atoms with Crippen LogP contribution in [0.4, 0.5) is 9.59 Å². The van der Waals surface area contributed by atoms with Gasteiger partial charge in [0.1, 0.15) is 11.7 Å². The second kappa shape index (κ2) is 11.2. The third kappa shape index (κ3) is 6.34. The van der Waals surface area contributed by atoms with Crippen molar-refractivity contribution in [2.75, 3.05) is 24.0 Å². The molecule has 0 aliphatic carbocycles. The first-order valence-corrected chi connectivity index (χ1v) is 12.7. The summed E-state index contributed by atoms with van der Waals surface area (Å²) in [6, 6.07) is -0.981. The van der Waals surface area contributed by atoms with E-state index < -0.39 is 46.3 Å². The van der Waals surface area contributed by atoms with Crippen molar-refractivity contribution in [2.45, 2.75) is 77.7 Å². The third-order valence-electron chi connectivity index (χ3n) is 5.83. The van der Waals surface area contributed by atoms with E-state index in [-0.39, 0.29) is 12.8 Å². The number of carbonyl (C=O) groups is 2. The van der Waals surface area contributed by atoms with Crippen LogP contribution in [0.1, 0.15) is 54.4 Å². The molecular formula is C20H40N2O6S2. The Hall–Kier alpha value is -0.840. The highest BCUT2D eigenvalue weighted by molar-refractivity contribution is 7.98. The third-order valence-corrected chi connectivity index (χ3v) is 7.08. The lowest BCUT2D eigenvalue weighted by molar-refractivity contribution is -0.224. The van der Waals surface area contributed by atoms with Crippen molar-refractivity contribution in [3.63, 3.8) is 0 Å². The van der Waals surface area contributed by atoms with Crippen molar-refractivity contribution in [3.05, 3.63) is 0 Å². The van der Waals surface area contributed by atoms with Crippen LogP contribution in [0.15, 0.2) is 0 Å². The van der Waals surface area contributed by atoms with Crippen molar-refractivity contribution in [2.24, 2.45) is 10.8 Å². The molecule has 0 aliphatic rings. The summed E-state index contributed by atoms with van der Waals surface area (Å²) in [5.41, 5.74) is -5.28. The van der Waals surface area contributed by atoms with Gasteiger partial charge in [0.2, 0.25) is 0 Å². The van der Waals surface area contributed by atoms with Gasteiger partial charge in [-0.1, -0.05) is 41.5 Å². The number of carboxylic acid groups (broad SMARTS) is 2. The first-order chi connectivity index (χ1) is 13.5. The Bertz CT molecular complexity index is 579. The number of amides is 2. The number of rotatable bonds is 11. The van der Waals surface area contributed by atoms with Crippen LogP contribution in [0.5, 0.6) is 0 Å². The van der Waals surface area contributed by atoms with Crippen LogP contribution in [0.25, 0.3) is 0 Å². The van der Waals surface area contributed by atoms with Gasteiger partial charge in [-0.25, -0.2) is 9.59 Å². The highest BCUT2D eigenvalue weighted by atomic mass is 32.2. The standard InChI is InChI=1S/C20H40N2O6S2/c1-17(2,3)19(10-12-30-8,22-16(26)27)20(28,18(4,5)6)14(23)13(9-11-29-7)21-15(24)25/h13-14,21-23,28H,9-12H2,1-8H3,(H,24,25)(H,26,27). The van der Waals surface area contributed by atoms with Crippen LogP contribution >= 0.6 is 23.5 Å². The van der Waals surface area contributed by atoms with E-state index in [0.717, 1.165) is 0 Å². The number of aliphatic hydroxyl groups excluding tert-OH is 1. The first-order valence-electron chi connectivity index (χ1n) is 9.90. The molecule has 0 saturated heterocycles. The summed E-state index contributed by atoms with van der Waals surface area (Å²) < 4.78 is 0. The fraction of sp³-hybridized carbons (Fsp3) is 0.900. The number of hydrogen-bond donors (Lipinski definition) is 6. The number of thioether (sulfide) groups is 2. The average Bonchev–Trinajstić information content (AvgIpc) is 2.58. The van der Waals surface area contributed by atoms with Gasteiger partial charge in [-0.05, 0) is 47.7 Å². The van der Waals surface area contributed by atoms with Gasteiger partial charge in [0.15, 0.2) is 0 Å². The molecule has 30 heavy (non-hydrogen) atoms. The lowest BCUT2D eigenvalue weighted by Crippen LogP contribution is -2.80. The van der Waals surface area contributed by atoms with Crippen molar-refractivity contribution >= 4 is 35.7 Å². The fourth-order valence-corrected chi connectivity index (χ4v) is 5.26. The summed E-state index contributed by atoms with van der Waals surface area (Å²) in [5, 5.41) is 47.8. The van der Waals surface area contributed by atoms with Crippen LogP contribution in [-0.2, 0) is 0 Å². The molecule has 4 unspecified atom stereocenters. The van der Waals surface area contributed by atoms with E-state index in [1.165, 1.54) is 23.5 Å². The van der Waals surface area contributed by atoms with Crippen molar-refractivity contribution in [3.8, 4) is 0 Å². The molecule has 0 aliphatic heterocycles. The van der Waals surface area contributed by atoms with Crippen LogP contribution in [0.3, 0.4) is 0 Å². The molecule has 0 aromatic heterocycles. The molecule has 0 aromatic carbocycles. The molecule has 4 atom stereocenters. The minimum absolute atomic E-state index is 0.247. The van der Waals surface area contributed by atoms with Gasteiger partial charge in [0, 0.05) is 0 Å². The first kappa shape index (κ1) is 29.2. The van der Waals surface area contributed by atoms with Gasteiger partial charge in [-0.3, -0.25) is 0 Å². The highest BCUT2D eigenvalue weighted by Crippen LogP contribution is 2.52. The molecule has 178 valence electrons. The fourth-order valence-electron chi connectivity index (χ4n) is 4.26. The Kier molecular flexibility index (Phi) is 10.8. The maximum absolute atomic E-state index is 12.3. The SMILES string of the molecule is CSCCC(NC(=O)O)C(O)C(O)(C(C)(C)C)C(CCSC)(NC(=O)O)C(C)(C)C. The Balaban J connectivity index is 6.91. The molecule has 0 aromatic rings. The van der Waals surface area contributed by atoms with E-state index in [0.29, 0.717) is 11.5 Å². The summed E-state index contributed by atoms with van der Waals surface area (Å²) >= 11 is 3.00. The minimum atomic E-state index is -2.00. The van der Waals surface area contributed by atoms with Gasteiger partial charge in [0.25, 0.3) is 0 Å². The molecule has 0 rings (SSSR count). The maximum atomic E-state index is 12.3. The van der Waals surface area contributed by atoms with E-state index in [1.807, 2.05) is 33.3 Å². The predicted octanol–water partition coefficient (Wildman–Crippen LogP) is 3.32. The summed E-state index contributed by atoms with van der Waals surface area (Å²) in [6.45, 7) is 10.6. The molecule has 2 amide bonds. The van der Waals surface area contributed by atoms with Gasteiger partial charge < -0.3 is 31.1 Å². The largest absolute Gasteiger partial charge is 0.465 e. The zero-order valence-electron chi connectivity index (χ0n) is 19.4. The second-order valence-electron chi connectivity index (χ2n) is 9.63. The van der Waals surface area contributed by atoms with Gasteiger partial charge >= 0.3 is 12.2 Å². The zero-order valence-corrected chi connectivity index (χ0v) is 21.0. The lowest BCUT2D eigenvalue weighted by Gasteiger charge is -2.62. The Morgan fingerprint density at radius 2 is 1.40 bits per heavy atom. The van der Waals surface area contributed by atoms with Gasteiger partial charge in [0.05, 0.1) is 11.6 Å². The van der Waals surface area contributed by atoms with Crippen molar-refractivity contribution in [1.29, 1.82) is 0 Å². The quantitative estimate of drug-likeness (QED) is 0.271. The number of hydrogen-bond acceptors (Lipinski definition) is 6. The van der Waals surface area contributed by atoms with Crippen LogP contribution in [0.2, 0.25) is 0 Å². The van der Waals surface area contributed by atoms with Crippen LogP contribution < -0.4 is 10.6 Å². The molecule has 0 heterocycles. The zero-order chi connectivity index (χ0) is 24.0. The highest BCUT2D eigenvalue weighted by Gasteiger charge is 2.66. The second-order valence-corrected chi connectivity index (χ2v) is 11.6. The molecule has 10 heteroatoms. The van der Waals surface area contributed by atoms with E-state index in [1.54, 1.807) is 20.8 Å². The summed E-state index contributed by atoms with van der Waals surface area (Å²) in [6.07, 6.45) is 0.0902. The molecule has 6 N–H and O–H groups in total. The smallest absolute Gasteiger partial charge is 0.405 e. The normalized spacial score (nSPS) is 18.6. The van der Waals surface area contributed by atoms with E-state index >= 15 is 0 Å². The number of nitrogens with one attached hydrogen (secondary N) is 2. The molecule has 0 saturated carbocycles. The monoisotopic (exact) mass is 468 g/mol. The summed E-state index contributed by atoms with van der Waals surface area (Å²) in [4.78, 5) is 23.3. The van der Waals surface area contributed by atoms with Crippen LogP contribution in [0, 0.1) is 10.8 Å². The summed E-state index contributed by atoms with van der Waals surface area (Å²) in [5.74, 6) is 1.09. The van der Waals surface area contributed by atoms with Crippen LogP contribution in [-0.4, -0.2) is 79.9 Å². The molecule has 0 bridgehead atoms. The maximum Gasteiger partial charge on any atom is 0.405 e. The average molecular weight is 469 g/mol. The minimum Gasteiger partial charge on any atom is -0.465 e. The Labute approximate surface area is 189 Å². The number of aliphatic hydroxyl groups is 2. The van der Waals surface area contributed by atoms with Gasteiger partial charge in [-0.15, -0.1) is 0 Å². The molecule has 0 spiro atoms. The van der Waals surface area contributed by atoms with Gasteiger partial charge in [-0.2, -0.15) is 23.5 Å². The van der Waals surface area contributed by atoms with E-state index in [9.17, 15) is 30.0 Å². The lowest BCUT2D eigenvalue weighted by atomic mass is 9.52. The Morgan fingerprint density at radius 3 is 1.73 bits per heavy atom. The van der Waals surface area contributed by atoms with E-state index in [2.05, 4.69) is 10.6 Å².